The highest BCUT2D eigenvalue weighted by atomic mass is 35.5. The molecule has 0 radical (unpaired) electrons. The van der Waals surface area contributed by atoms with Crippen LogP contribution in [0.25, 0.3) is 11.4 Å². The van der Waals surface area contributed by atoms with Gasteiger partial charge in [-0.05, 0) is 19.1 Å². The van der Waals surface area contributed by atoms with E-state index in [1.54, 1.807) is 0 Å². The molecule has 2 aromatic rings. The Labute approximate surface area is 127 Å². The molecule has 1 aliphatic rings. The van der Waals surface area contributed by atoms with Crippen molar-refractivity contribution in [2.45, 2.75) is 19.4 Å². The molecule has 6 nitrogen and oxygen atoms in total. The summed E-state index contributed by atoms with van der Waals surface area (Å²) in [4.78, 5) is 8.69. The third-order valence-corrected chi connectivity index (χ3v) is 3.32. The van der Waals surface area contributed by atoms with Crippen LogP contribution in [0.2, 0.25) is 5.02 Å². The Balaban J connectivity index is 1.56. The molecule has 1 aromatic heterocycles. The number of hydrogen-bond donors (Lipinski definition) is 2. The van der Waals surface area contributed by atoms with Crippen molar-refractivity contribution in [2.75, 3.05) is 13.1 Å². The van der Waals surface area contributed by atoms with Crippen molar-refractivity contribution < 1.29 is 4.52 Å². The molecule has 21 heavy (non-hydrogen) atoms. The largest absolute Gasteiger partial charge is 0.356 e. The van der Waals surface area contributed by atoms with Gasteiger partial charge in [-0.15, -0.1) is 0 Å². The zero-order valence-corrected chi connectivity index (χ0v) is 12.4. The van der Waals surface area contributed by atoms with Gasteiger partial charge in [0.25, 0.3) is 0 Å². The quantitative estimate of drug-likeness (QED) is 0.902. The lowest BCUT2D eigenvalue weighted by molar-refractivity contribution is 0.378. The SMILES string of the molecule is CC1CN=C(NCCc2nc(-c3cccc(Cl)c3)no2)N1. The fourth-order valence-corrected chi connectivity index (χ4v) is 2.24. The second kappa shape index (κ2) is 6.13. The second-order valence-electron chi connectivity index (χ2n) is 4.93. The Morgan fingerprint density at radius 2 is 2.38 bits per heavy atom. The van der Waals surface area contributed by atoms with E-state index < -0.39 is 0 Å². The highest BCUT2D eigenvalue weighted by Gasteiger charge is 2.12. The molecule has 1 aromatic carbocycles. The minimum Gasteiger partial charge on any atom is -0.356 e. The summed E-state index contributed by atoms with van der Waals surface area (Å²) in [5.74, 6) is 1.97. The molecule has 2 N–H and O–H groups in total. The molecule has 3 rings (SSSR count). The number of guanidine groups is 1. The predicted molar refractivity (Wildman–Crippen MR) is 81.4 cm³/mol. The Morgan fingerprint density at radius 1 is 1.48 bits per heavy atom. The first-order chi connectivity index (χ1) is 10.2. The van der Waals surface area contributed by atoms with Crippen molar-refractivity contribution in [3.8, 4) is 11.4 Å². The van der Waals surface area contributed by atoms with Crippen molar-refractivity contribution in [3.63, 3.8) is 0 Å². The summed E-state index contributed by atoms with van der Waals surface area (Å²) in [5, 5.41) is 11.1. The lowest BCUT2D eigenvalue weighted by atomic mass is 10.2. The van der Waals surface area contributed by atoms with Crippen LogP contribution in [0.1, 0.15) is 12.8 Å². The topological polar surface area (TPSA) is 75.3 Å². The molecule has 110 valence electrons. The smallest absolute Gasteiger partial charge is 0.228 e. The molecule has 0 bridgehead atoms. The maximum absolute atomic E-state index is 5.95. The maximum atomic E-state index is 5.95. The highest BCUT2D eigenvalue weighted by Crippen LogP contribution is 2.19. The first-order valence-electron chi connectivity index (χ1n) is 6.84. The average Bonchev–Trinajstić information content (AvgIpc) is 3.08. The van der Waals surface area contributed by atoms with E-state index in [0.29, 0.717) is 35.7 Å². The van der Waals surface area contributed by atoms with Crippen LogP contribution < -0.4 is 10.6 Å². The molecule has 1 aliphatic heterocycles. The molecule has 1 atom stereocenters. The molecule has 1 unspecified atom stereocenters. The zero-order chi connectivity index (χ0) is 14.7. The van der Waals surface area contributed by atoms with Gasteiger partial charge in [-0.25, -0.2) is 0 Å². The van der Waals surface area contributed by atoms with E-state index in [-0.39, 0.29) is 0 Å². The number of hydrogen-bond acceptors (Lipinski definition) is 6. The van der Waals surface area contributed by atoms with Crippen LogP contribution in [-0.4, -0.2) is 35.2 Å². The van der Waals surface area contributed by atoms with Crippen LogP contribution in [-0.2, 0) is 6.42 Å². The van der Waals surface area contributed by atoms with Gasteiger partial charge in [0, 0.05) is 29.6 Å². The molecule has 0 saturated carbocycles. The van der Waals surface area contributed by atoms with Crippen LogP contribution in [0.15, 0.2) is 33.8 Å². The van der Waals surface area contributed by atoms with Gasteiger partial charge in [-0.2, -0.15) is 4.98 Å². The standard InChI is InChI=1S/C14H16ClN5O/c1-9-8-17-14(18-9)16-6-5-12-19-13(20-21-12)10-3-2-4-11(15)7-10/h2-4,7,9H,5-6,8H2,1H3,(H2,16,17,18). The number of nitrogens with zero attached hydrogens (tertiary/aromatic N) is 3. The minimum atomic E-state index is 0.394. The van der Waals surface area contributed by atoms with Crippen LogP contribution in [0.4, 0.5) is 0 Å². The Bertz CT molecular complexity index is 654. The van der Waals surface area contributed by atoms with E-state index in [1.165, 1.54) is 0 Å². The lowest BCUT2D eigenvalue weighted by Gasteiger charge is -2.06. The number of aromatic nitrogens is 2. The van der Waals surface area contributed by atoms with Crippen LogP contribution >= 0.6 is 11.6 Å². The Hall–Kier alpha value is -2.08. The maximum Gasteiger partial charge on any atom is 0.228 e. The zero-order valence-electron chi connectivity index (χ0n) is 11.6. The summed E-state index contributed by atoms with van der Waals surface area (Å²) in [7, 11) is 0. The Kier molecular flexibility index (Phi) is 4.06. The summed E-state index contributed by atoms with van der Waals surface area (Å²) >= 11 is 5.95. The molecule has 7 heteroatoms. The number of nitrogens with one attached hydrogen (secondary N) is 2. The van der Waals surface area contributed by atoms with Crippen molar-refractivity contribution >= 4 is 17.6 Å². The van der Waals surface area contributed by atoms with E-state index in [9.17, 15) is 0 Å². The molecule has 0 spiro atoms. The van der Waals surface area contributed by atoms with Crippen molar-refractivity contribution in [3.05, 3.63) is 35.2 Å². The van der Waals surface area contributed by atoms with E-state index in [4.69, 9.17) is 16.1 Å². The van der Waals surface area contributed by atoms with Gasteiger partial charge < -0.3 is 15.2 Å². The van der Waals surface area contributed by atoms with E-state index in [0.717, 1.165) is 18.1 Å². The van der Waals surface area contributed by atoms with Crippen LogP contribution in [0, 0.1) is 0 Å². The molecular formula is C14H16ClN5O. The number of halogens is 1. The van der Waals surface area contributed by atoms with Crippen LogP contribution in [0.5, 0.6) is 0 Å². The fourth-order valence-electron chi connectivity index (χ4n) is 2.05. The first-order valence-corrected chi connectivity index (χ1v) is 7.22. The normalized spacial score (nSPS) is 17.4. The van der Waals surface area contributed by atoms with Gasteiger partial charge in [0.1, 0.15) is 0 Å². The van der Waals surface area contributed by atoms with Gasteiger partial charge in [-0.3, -0.25) is 4.99 Å². The van der Waals surface area contributed by atoms with Crippen LogP contribution in [0.3, 0.4) is 0 Å². The van der Waals surface area contributed by atoms with Gasteiger partial charge in [0.05, 0.1) is 6.54 Å². The predicted octanol–water partition coefficient (Wildman–Crippen LogP) is 1.87. The van der Waals surface area contributed by atoms with E-state index >= 15 is 0 Å². The molecule has 0 saturated heterocycles. The van der Waals surface area contributed by atoms with Crippen molar-refractivity contribution in [2.24, 2.45) is 4.99 Å². The molecular weight excluding hydrogens is 290 g/mol. The summed E-state index contributed by atoms with van der Waals surface area (Å²) in [6.45, 7) is 3.59. The van der Waals surface area contributed by atoms with Gasteiger partial charge >= 0.3 is 0 Å². The third-order valence-electron chi connectivity index (χ3n) is 3.09. The summed E-state index contributed by atoms with van der Waals surface area (Å²) in [6, 6.07) is 7.78. The Morgan fingerprint density at radius 3 is 3.14 bits per heavy atom. The van der Waals surface area contributed by atoms with Gasteiger partial charge in [0.2, 0.25) is 11.7 Å². The van der Waals surface area contributed by atoms with Gasteiger partial charge in [0.15, 0.2) is 5.96 Å². The first kappa shape index (κ1) is 13.9. The summed E-state index contributed by atoms with van der Waals surface area (Å²) in [5.41, 5.74) is 0.848. The molecule has 0 fully saturated rings. The van der Waals surface area contributed by atoms with Crippen molar-refractivity contribution in [1.82, 2.24) is 20.8 Å². The average molecular weight is 306 g/mol. The number of benzene rings is 1. The highest BCUT2D eigenvalue weighted by molar-refractivity contribution is 6.30. The fraction of sp³-hybridized carbons (Fsp3) is 0.357. The van der Waals surface area contributed by atoms with E-state index in [2.05, 4.69) is 32.7 Å². The van der Waals surface area contributed by atoms with Crippen molar-refractivity contribution in [1.29, 1.82) is 0 Å². The monoisotopic (exact) mass is 305 g/mol. The summed E-state index contributed by atoms with van der Waals surface area (Å²) < 4.78 is 5.24. The second-order valence-corrected chi connectivity index (χ2v) is 5.37. The molecule has 0 amide bonds. The molecule has 2 heterocycles. The van der Waals surface area contributed by atoms with Gasteiger partial charge in [-0.1, -0.05) is 28.9 Å². The summed E-state index contributed by atoms with van der Waals surface area (Å²) in [6.07, 6.45) is 0.642. The number of aliphatic imine (C=N–C) groups is 1. The lowest BCUT2D eigenvalue weighted by Crippen LogP contribution is -2.38. The third kappa shape index (κ3) is 3.52. The minimum absolute atomic E-state index is 0.394. The van der Waals surface area contributed by atoms with E-state index in [1.807, 2.05) is 24.3 Å². The molecule has 0 aliphatic carbocycles. The number of rotatable bonds is 4.